The van der Waals surface area contributed by atoms with Gasteiger partial charge in [0.1, 0.15) is 0 Å². The molecule has 5 nitrogen and oxygen atoms in total. The highest BCUT2D eigenvalue weighted by Gasteiger charge is 2.32. The van der Waals surface area contributed by atoms with E-state index >= 15 is 0 Å². The molecule has 1 unspecified atom stereocenters. The first-order valence-corrected chi connectivity index (χ1v) is 12.9. The molecule has 0 spiro atoms. The lowest BCUT2D eigenvalue weighted by atomic mass is 9.96. The average Bonchev–Trinajstić information content (AvgIpc) is 2.87. The molecule has 34 heavy (non-hydrogen) atoms. The number of hydrogen-bond acceptors (Lipinski definition) is 4. The lowest BCUT2D eigenvalue weighted by molar-refractivity contribution is -0.125. The van der Waals surface area contributed by atoms with E-state index < -0.39 is 22.0 Å². The quantitative estimate of drug-likeness (QED) is 0.456. The number of hydrogen-bond donors (Lipinski definition) is 1. The summed E-state index contributed by atoms with van der Waals surface area (Å²) in [4.78, 5) is 15.6. The zero-order chi connectivity index (χ0) is 23.5. The lowest BCUT2D eigenvalue weighted by Gasteiger charge is -2.34. The Balaban J connectivity index is 1.42. The normalized spacial score (nSPS) is 14.9. The second kappa shape index (κ2) is 9.41. The number of fused-ring (bicyclic) bond motifs is 2. The van der Waals surface area contributed by atoms with Crippen LogP contribution in [0.3, 0.4) is 0 Å². The molecule has 1 aliphatic rings. The van der Waals surface area contributed by atoms with Gasteiger partial charge in [0, 0.05) is 13.1 Å². The number of nitrogens with zero attached hydrogens (tertiary/aromatic N) is 1. The number of carbonyl (C=O) groups excluding carboxylic acids is 1. The summed E-state index contributed by atoms with van der Waals surface area (Å²) in [5, 5.41) is 1.76. The SMILES string of the molecule is O=C(NS(=O)(=O)c1ccc2ccccc2c1)C(Cc1ccccc1)N1CCc2ccccc2C1. The third-order valence-corrected chi connectivity index (χ3v) is 7.79. The highest BCUT2D eigenvalue weighted by Crippen LogP contribution is 2.23. The number of nitrogens with one attached hydrogen (secondary N) is 1. The fraction of sp³-hybridized carbons (Fsp3) is 0.179. The molecule has 1 atom stereocenters. The van der Waals surface area contributed by atoms with E-state index in [2.05, 4.69) is 21.8 Å². The molecule has 0 saturated carbocycles. The third kappa shape index (κ3) is 4.74. The maximum atomic E-state index is 13.5. The zero-order valence-corrected chi connectivity index (χ0v) is 19.5. The number of amides is 1. The van der Waals surface area contributed by atoms with Crippen molar-refractivity contribution in [3.8, 4) is 0 Å². The van der Waals surface area contributed by atoms with Gasteiger partial charge in [-0.15, -0.1) is 0 Å². The summed E-state index contributed by atoms with van der Waals surface area (Å²) in [7, 11) is -4.01. The van der Waals surface area contributed by atoms with E-state index in [9.17, 15) is 13.2 Å². The molecule has 0 aliphatic carbocycles. The number of carbonyl (C=O) groups is 1. The van der Waals surface area contributed by atoms with Crippen LogP contribution in [-0.2, 0) is 34.2 Å². The monoisotopic (exact) mass is 470 g/mol. The lowest BCUT2D eigenvalue weighted by Crippen LogP contribution is -2.51. The molecule has 4 aromatic rings. The Morgan fingerprint density at radius 2 is 1.50 bits per heavy atom. The van der Waals surface area contributed by atoms with Gasteiger partial charge in [-0.2, -0.15) is 0 Å². The smallest absolute Gasteiger partial charge is 0.264 e. The van der Waals surface area contributed by atoms with Crippen molar-refractivity contribution in [1.82, 2.24) is 9.62 Å². The molecule has 0 aromatic heterocycles. The van der Waals surface area contributed by atoms with Crippen LogP contribution in [0.15, 0.2) is 102 Å². The Morgan fingerprint density at radius 3 is 2.29 bits per heavy atom. The Bertz CT molecular complexity index is 1430. The van der Waals surface area contributed by atoms with Crippen molar-refractivity contribution in [2.45, 2.75) is 30.3 Å². The molecule has 0 fully saturated rings. The minimum atomic E-state index is -4.01. The van der Waals surface area contributed by atoms with Crippen LogP contribution >= 0.6 is 0 Å². The van der Waals surface area contributed by atoms with Crippen molar-refractivity contribution in [3.05, 3.63) is 114 Å². The molecule has 172 valence electrons. The topological polar surface area (TPSA) is 66.5 Å². The van der Waals surface area contributed by atoms with Crippen molar-refractivity contribution < 1.29 is 13.2 Å². The van der Waals surface area contributed by atoms with E-state index in [0.29, 0.717) is 19.5 Å². The molecular weight excluding hydrogens is 444 g/mol. The van der Waals surface area contributed by atoms with E-state index in [1.807, 2.05) is 66.7 Å². The summed E-state index contributed by atoms with van der Waals surface area (Å²) in [6, 6.07) is 29.8. The maximum Gasteiger partial charge on any atom is 0.264 e. The third-order valence-electron chi connectivity index (χ3n) is 6.44. The second-order valence-electron chi connectivity index (χ2n) is 8.67. The number of rotatable bonds is 6. The van der Waals surface area contributed by atoms with Gasteiger partial charge in [-0.05, 0) is 52.4 Å². The minimum Gasteiger partial charge on any atom is -0.287 e. The zero-order valence-electron chi connectivity index (χ0n) is 18.7. The first kappa shape index (κ1) is 22.3. The van der Waals surface area contributed by atoms with Crippen LogP contribution in [0.4, 0.5) is 0 Å². The average molecular weight is 471 g/mol. The van der Waals surface area contributed by atoms with Gasteiger partial charge in [0.15, 0.2) is 0 Å². The summed E-state index contributed by atoms with van der Waals surface area (Å²) in [6.07, 6.45) is 1.26. The standard InChI is InChI=1S/C28H26N2O3S/c31-28(29-34(32,33)26-15-14-22-10-4-6-12-24(22)19-26)27(18-21-8-2-1-3-9-21)30-17-16-23-11-5-7-13-25(23)20-30/h1-15,19,27H,16-18,20H2,(H,29,31). The first-order valence-electron chi connectivity index (χ1n) is 11.4. The molecule has 6 heteroatoms. The summed E-state index contributed by atoms with van der Waals surface area (Å²) in [5.74, 6) is -0.503. The molecule has 5 rings (SSSR count). The van der Waals surface area contributed by atoms with Crippen molar-refractivity contribution in [2.24, 2.45) is 0 Å². The van der Waals surface area contributed by atoms with Crippen LogP contribution in [0.5, 0.6) is 0 Å². The molecule has 0 bridgehead atoms. The Kier molecular flexibility index (Phi) is 6.18. The van der Waals surface area contributed by atoms with Crippen molar-refractivity contribution in [2.75, 3.05) is 6.54 Å². The van der Waals surface area contributed by atoms with Gasteiger partial charge >= 0.3 is 0 Å². The summed E-state index contributed by atoms with van der Waals surface area (Å²) in [5.41, 5.74) is 3.45. The van der Waals surface area contributed by atoms with Gasteiger partial charge < -0.3 is 0 Å². The fourth-order valence-corrected chi connectivity index (χ4v) is 5.65. The van der Waals surface area contributed by atoms with Gasteiger partial charge in [-0.25, -0.2) is 13.1 Å². The van der Waals surface area contributed by atoms with Crippen LogP contribution in [0, 0.1) is 0 Å². The van der Waals surface area contributed by atoms with Crippen molar-refractivity contribution in [1.29, 1.82) is 0 Å². The molecule has 1 aliphatic heterocycles. The van der Waals surface area contributed by atoms with Crippen LogP contribution < -0.4 is 4.72 Å². The molecule has 0 radical (unpaired) electrons. The van der Waals surface area contributed by atoms with Gasteiger partial charge in [-0.1, -0.05) is 84.9 Å². The number of benzene rings is 4. The van der Waals surface area contributed by atoms with E-state index in [1.165, 1.54) is 11.1 Å². The van der Waals surface area contributed by atoms with Gasteiger partial charge in [0.2, 0.25) is 0 Å². The van der Waals surface area contributed by atoms with Crippen LogP contribution in [0.1, 0.15) is 16.7 Å². The first-order chi connectivity index (χ1) is 16.5. The molecular formula is C28H26N2O3S. The molecule has 4 aromatic carbocycles. The van der Waals surface area contributed by atoms with Crippen LogP contribution in [0.2, 0.25) is 0 Å². The molecule has 0 saturated heterocycles. The molecule has 1 amide bonds. The molecule has 1 heterocycles. The van der Waals surface area contributed by atoms with Crippen LogP contribution in [-0.4, -0.2) is 31.8 Å². The van der Waals surface area contributed by atoms with Gasteiger partial charge in [0.05, 0.1) is 10.9 Å². The molecule has 1 N–H and O–H groups in total. The van der Waals surface area contributed by atoms with Gasteiger partial charge in [0.25, 0.3) is 15.9 Å². The number of sulfonamides is 1. The summed E-state index contributed by atoms with van der Waals surface area (Å²) in [6.45, 7) is 1.30. The van der Waals surface area contributed by atoms with Crippen molar-refractivity contribution in [3.63, 3.8) is 0 Å². The van der Waals surface area contributed by atoms with Gasteiger partial charge in [-0.3, -0.25) is 9.69 Å². The van der Waals surface area contributed by atoms with E-state index in [4.69, 9.17) is 0 Å². The highest BCUT2D eigenvalue weighted by atomic mass is 32.2. The summed E-state index contributed by atoms with van der Waals surface area (Å²) >= 11 is 0. The maximum absolute atomic E-state index is 13.5. The summed E-state index contributed by atoms with van der Waals surface area (Å²) < 4.78 is 28.7. The largest absolute Gasteiger partial charge is 0.287 e. The minimum absolute atomic E-state index is 0.0852. The second-order valence-corrected chi connectivity index (χ2v) is 10.4. The van der Waals surface area contributed by atoms with E-state index in [1.54, 1.807) is 18.2 Å². The van der Waals surface area contributed by atoms with Crippen LogP contribution in [0.25, 0.3) is 10.8 Å². The van der Waals surface area contributed by atoms with Crippen molar-refractivity contribution >= 4 is 26.7 Å². The Morgan fingerprint density at radius 1 is 0.824 bits per heavy atom. The Labute approximate surface area is 200 Å². The fourth-order valence-electron chi connectivity index (χ4n) is 4.60. The highest BCUT2D eigenvalue weighted by molar-refractivity contribution is 7.90. The predicted molar refractivity (Wildman–Crippen MR) is 134 cm³/mol. The predicted octanol–water partition coefficient (Wildman–Crippen LogP) is 4.31. The van der Waals surface area contributed by atoms with E-state index in [-0.39, 0.29) is 4.90 Å². The van der Waals surface area contributed by atoms with E-state index in [0.717, 1.165) is 22.8 Å². The Hall–Kier alpha value is -3.48.